The van der Waals surface area contributed by atoms with E-state index in [2.05, 4.69) is 5.32 Å². The summed E-state index contributed by atoms with van der Waals surface area (Å²) in [7, 11) is 0. The molecule has 0 fully saturated rings. The van der Waals surface area contributed by atoms with Crippen LogP contribution in [0.3, 0.4) is 0 Å². The number of carbonyl (C=O) groups excluding carboxylic acids is 2. The zero-order valence-electron chi connectivity index (χ0n) is 5.10. The molecule has 0 saturated carbocycles. The van der Waals surface area contributed by atoms with Crippen molar-refractivity contribution < 1.29 is 9.59 Å². The molecule has 0 saturated heterocycles. The van der Waals surface area contributed by atoms with E-state index in [4.69, 9.17) is 0 Å². The van der Waals surface area contributed by atoms with E-state index >= 15 is 0 Å². The van der Waals surface area contributed by atoms with Crippen molar-refractivity contribution >= 4 is 11.7 Å². The predicted octanol–water partition coefficient (Wildman–Crippen LogP) is -0.368. The van der Waals surface area contributed by atoms with Crippen molar-refractivity contribution in [2.24, 2.45) is 0 Å². The highest BCUT2D eigenvalue weighted by atomic mass is 16.2. The second-order valence-electron chi connectivity index (χ2n) is 1.94. The normalized spacial score (nSPS) is 17.0. The Morgan fingerprint density at radius 1 is 1.78 bits per heavy atom. The number of carbonyl (C=O) groups is 2. The number of hydrogen-bond acceptors (Lipinski definition) is 2. The van der Waals surface area contributed by atoms with Gasteiger partial charge in [0.05, 0.1) is 0 Å². The van der Waals surface area contributed by atoms with Gasteiger partial charge in [-0.05, 0) is 6.92 Å². The Morgan fingerprint density at radius 3 is 2.67 bits per heavy atom. The van der Waals surface area contributed by atoms with Gasteiger partial charge >= 0.3 is 0 Å². The Morgan fingerprint density at radius 2 is 2.44 bits per heavy atom. The first-order valence-corrected chi connectivity index (χ1v) is 2.69. The molecule has 0 aromatic rings. The fraction of sp³-hybridized carbons (Fsp3) is 0.333. The fourth-order valence-electron chi connectivity index (χ4n) is 0.669. The lowest BCUT2D eigenvalue weighted by molar-refractivity contribution is -0.116. The average Bonchev–Trinajstić information content (AvgIpc) is 2.14. The summed E-state index contributed by atoms with van der Waals surface area (Å²) in [4.78, 5) is 20.9. The molecule has 3 nitrogen and oxygen atoms in total. The van der Waals surface area contributed by atoms with Crippen molar-refractivity contribution in [1.82, 2.24) is 5.32 Å². The molecule has 1 amide bonds. The molecule has 3 heteroatoms. The summed E-state index contributed by atoms with van der Waals surface area (Å²) in [6.45, 7) is 1.85. The average molecular weight is 125 g/mol. The summed E-state index contributed by atoms with van der Waals surface area (Å²) in [5, 5.41) is 2.50. The van der Waals surface area contributed by atoms with E-state index in [-0.39, 0.29) is 11.7 Å². The van der Waals surface area contributed by atoms with Crippen LogP contribution in [0.4, 0.5) is 0 Å². The topological polar surface area (TPSA) is 46.2 Å². The van der Waals surface area contributed by atoms with Crippen LogP contribution in [0, 0.1) is 0 Å². The van der Waals surface area contributed by atoms with E-state index in [0.29, 0.717) is 12.1 Å². The first kappa shape index (κ1) is 6.01. The van der Waals surface area contributed by atoms with Crippen LogP contribution in [0.15, 0.2) is 11.6 Å². The van der Waals surface area contributed by atoms with Gasteiger partial charge in [-0.1, -0.05) is 0 Å². The van der Waals surface area contributed by atoms with Gasteiger partial charge in [0.15, 0.2) is 5.78 Å². The molecule has 0 aliphatic carbocycles. The van der Waals surface area contributed by atoms with Crippen LogP contribution < -0.4 is 5.32 Å². The third-order valence-corrected chi connectivity index (χ3v) is 1.21. The molecule has 9 heavy (non-hydrogen) atoms. The van der Waals surface area contributed by atoms with Gasteiger partial charge in [0.1, 0.15) is 0 Å². The van der Waals surface area contributed by atoms with Crippen LogP contribution >= 0.6 is 0 Å². The lowest BCUT2D eigenvalue weighted by Gasteiger charge is -1.89. The van der Waals surface area contributed by atoms with Gasteiger partial charge in [0, 0.05) is 18.2 Å². The van der Waals surface area contributed by atoms with Gasteiger partial charge in [-0.3, -0.25) is 9.59 Å². The molecule has 0 unspecified atom stereocenters. The molecule has 0 aromatic carbocycles. The standard InChI is InChI=1S/C6H7NO2/c1-4(8)5-2-6(9)7-3-5/h2H,3H2,1H3,(H,7,9). The molecule has 0 spiro atoms. The number of nitrogens with one attached hydrogen (secondary N) is 1. The maximum atomic E-state index is 10.5. The molecule has 0 aromatic heterocycles. The van der Waals surface area contributed by atoms with Gasteiger partial charge in [0.2, 0.25) is 5.91 Å². The van der Waals surface area contributed by atoms with Gasteiger partial charge in [-0.15, -0.1) is 0 Å². The first-order valence-electron chi connectivity index (χ1n) is 2.69. The third-order valence-electron chi connectivity index (χ3n) is 1.21. The van der Waals surface area contributed by atoms with Crippen molar-refractivity contribution in [3.8, 4) is 0 Å². The van der Waals surface area contributed by atoms with Gasteiger partial charge < -0.3 is 5.32 Å². The van der Waals surface area contributed by atoms with Crippen LogP contribution in [0.1, 0.15) is 6.92 Å². The summed E-state index contributed by atoms with van der Waals surface area (Å²) in [6.07, 6.45) is 1.34. The van der Waals surface area contributed by atoms with Gasteiger partial charge in [-0.25, -0.2) is 0 Å². The predicted molar refractivity (Wildman–Crippen MR) is 31.8 cm³/mol. The molecule has 0 atom stereocenters. The Hall–Kier alpha value is -1.12. The monoisotopic (exact) mass is 125 g/mol. The molecule has 1 aliphatic heterocycles. The van der Waals surface area contributed by atoms with E-state index in [1.54, 1.807) is 0 Å². The fourth-order valence-corrected chi connectivity index (χ4v) is 0.669. The second-order valence-corrected chi connectivity index (χ2v) is 1.94. The van der Waals surface area contributed by atoms with Crippen LogP contribution in [-0.4, -0.2) is 18.2 Å². The maximum absolute atomic E-state index is 10.5. The highest BCUT2D eigenvalue weighted by molar-refractivity contribution is 6.04. The lowest BCUT2D eigenvalue weighted by atomic mass is 10.2. The van der Waals surface area contributed by atoms with E-state index in [1.165, 1.54) is 13.0 Å². The molecule has 48 valence electrons. The Kier molecular flexibility index (Phi) is 1.34. The lowest BCUT2D eigenvalue weighted by Crippen LogP contribution is -2.16. The van der Waals surface area contributed by atoms with Crippen molar-refractivity contribution in [3.05, 3.63) is 11.6 Å². The SMILES string of the molecule is CC(=O)C1=CC(=O)NC1. The van der Waals surface area contributed by atoms with Crippen LogP contribution in [0.5, 0.6) is 0 Å². The number of amides is 1. The number of Topliss-reactive ketones (excluding diaryl/α,β-unsaturated/α-hetero) is 1. The van der Waals surface area contributed by atoms with E-state index < -0.39 is 0 Å². The smallest absolute Gasteiger partial charge is 0.244 e. The first-order chi connectivity index (χ1) is 4.20. The number of rotatable bonds is 1. The van der Waals surface area contributed by atoms with E-state index in [1.807, 2.05) is 0 Å². The number of ketones is 1. The van der Waals surface area contributed by atoms with E-state index in [9.17, 15) is 9.59 Å². The Balaban J connectivity index is 2.74. The summed E-state index contributed by atoms with van der Waals surface area (Å²) in [5.41, 5.74) is 0.569. The van der Waals surface area contributed by atoms with Crippen LogP contribution in [0.2, 0.25) is 0 Å². The summed E-state index contributed by atoms with van der Waals surface area (Å²) in [6, 6.07) is 0. The minimum Gasteiger partial charge on any atom is -0.348 e. The minimum absolute atomic E-state index is 0.0339. The van der Waals surface area contributed by atoms with Crippen molar-refractivity contribution in [2.45, 2.75) is 6.92 Å². The maximum Gasteiger partial charge on any atom is 0.244 e. The Labute approximate surface area is 52.7 Å². The van der Waals surface area contributed by atoms with Crippen LogP contribution in [0.25, 0.3) is 0 Å². The number of hydrogen-bond donors (Lipinski definition) is 1. The largest absolute Gasteiger partial charge is 0.348 e. The molecular formula is C6H7NO2. The van der Waals surface area contributed by atoms with Crippen LogP contribution in [-0.2, 0) is 9.59 Å². The van der Waals surface area contributed by atoms with Gasteiger partial charge in [-0.2, -0.15) is 0 Å². The quantitative estimate of drug-likeness (QED) is 0.519. The van der Waals surface area contributed by atoms with Gasteiger partial charge in [0.25, 0.3) is 0 Å². The second kappa shape index (κ2) is 2.01. The summed E-state index contributed by atoms with van der Waals surface area (Å²) < 4.78 is 0. The summed E-state index contributed by atoms with van der Waals surface area (Å²) in [5.74, 6) is -0.200. The summed E-state index contributed by atoms with van der Waals surface area (Å²) >= 11 is 0. The zero-order chi connectivity index (χ0) is 6.85. The Bertz CT molecular complexity index is 193. The molecule has 0 radical (unpaired) electrons. The molecular weight excluding hydrogens is 118 g/mol. The molecule has 0 bridgehead atoms. The van der Waals surface area contributed by atoms with Crippen molar-refractivity contribution in [3.63, 3.8) is 0 Å². The molecule has 1 aliphatic rings. The van der Waals surface area contributed by atoms with Crippen molar-refractivity contribution in [1.29, 1.82) is 0 Å². The molecule has 1 rings (SSSR count). The minimum atomic E-state index is -0.166. The van der Waals surface area contributed by atoms with Crippen molar-refractivity contribution in [2.75, 3.05) is 6.54 Å². The zero-order valence-corrected chi connectivity index (χ0v) is 5.10. The molecule has 1 heterocycles. The highest BCUT2D eigenvalue weighted by Gasteiger charge is 2.12. The van der Waals surface area contributed by atoms with E-state index in [0.717, 1.165) is 0 Å². The highest BCUT2D eigenvalue weighted by Crippen LogP contribution is 1.99. The molecule has 1 N–H and O–H groups in total. The third kappa shape index (κ3) is 1.16.